The van der Waals surface area contributed by atoms with Gasteiger partial charge in [-0.1, -0.05) is 18.1 Å². The fourth-order valence-corrected chi connectivity index (χ4v) is 4.11. The molecule has 2 aromatic rings. The van der Waals surface area contributed by atoms with Gasteiger partial charge in [0.2, 0.25) is 5.76 Å². The van der Waals surface area contributed by atoms with Crippen molar-refractivity contribution < 1.29 is 9.32 Å². The van der Waals surface area contributed by atoms with E-state index in [1.807, 2.05) is 29.3 Å². The minimum absolute atomic E-state index is 0.0122. The van der Waals surface area contributed by atoms with Crippen molar-refractivity contribution >= 4 is 5.91 Å². The van der Waals surface area contributed by atoms with Gasteiger partial charge in [-0.05, 0) is 50.3 Å². The van der Waals surface area contributed by atoms with Crippen molar-refractivity contribution in [3.8, 4) is 0 Å². The number of amides is 1. The van der Waals surface area contributed by atoms with Gasteiger partial charge >= 0.3 is 0 Å². The molecule has 2 aromatic heterocycles. The third-order valence-electron chi connectivity index (χ3n) is 5.85. The molecule has 27 heavy (non-hydrogen) atoms. The third kappa shape index (κ3) is 4.38. The number of piperidine rings is 2. The molecule has 1 atom stereocenters. The van der Waals surface area contributed by atoms with E-state index in [1.54, 1.807) is 0 Å². The van der Waals surface area contributed by atoms with Crippen molar-refractivity contribution in [2.24, 2.45) is 5.92 Å². The lowest BCUT2D eigenvalue weighted by molar-refractivity contribution is 0.0655. The molecule has 144 valence electrons. The Morgan fingerprint density at radius 2 is 2.07 bits per heavy atom. The summed E-state index contributed by atoms with van der Waals surface area (Å²) < 4.78 is 5.44. The van der Waals surface area contributed by atoms with Gasteiger partial charge in [0.25, 0.3) is 5.91 Å². The Hall–Kier alpha value is -2.21. The van der Waals surface area contributed by atoms with Crippen LogP contribution in [0.15, 0.2) is 35.0 Å². The summed E-state index contributed by atoms with van der Waals surface area (Å²) in [6.45, 7) is 6.73. The molecular weight excluding hydrogens is 340 g/mol. The molecule has 4 heterocycles. The molecule has 6 heteroatoms. The number of hydrogen-bond acceptors (Lipinski definition) is 5. The average molecular weight is 368 g/mol. The fraction of sp³-hybridized carbons (Fsp3) is 0.571. The van der Waals surface area contributed by atoms with Crippen LogP contribution in [0.1, 0.15) is 60.5 Å². The van der Waals surface area contributed by atoms with Crippen molar-refractivity contribution in [3.63, 3.8) is 0 Å². The zero-order chi connectivity index (χ0) is 18.6. The van der Waals surface area contributed by atoms with Gasteiger partial charge in [0.05, 0.1) is 11.4 Å². The van der Waals surface area contributed by atoms with Crippen LogP contribution in [0.5, 0.6) is 0 Å². The second-order valence-corrected chi connectivity index (χ2v) is 7.99. The molecule has 0 saturated carbocycles. The quantitative estimate of drug-likeness (QED) is 0.828. The number of nitrogens with zero attached hydrogens (tertiary/aromatic N) is 4. The molecular formula is C21H28N4O2. The van der Waals surface area contributed by atoms with Gasteiger partial charge in [0, 0.05) is 44.4 Å². The lowest BCUT2D eigenvalue weighted by atomic mass is 9.94. The Morgan fingerprint density at radius 3 is 2.85 bits per heavy atom. The first-order valence-corrected chi connectivity index (χ1v) is 10.1. The maximum Gasteiger partial charge on any atom is 0.292 e. The molecule has 0 unspecified atom stereocenters. The monoisotopic (exact) mass is 368 g/mol. The summed E-state index contributed by atoms with van der Waals surface area (Å²) in [5, 5.41) is 4.25. The first-order chi connectivity index (χ1) is 13.2. The van der Waals surface area contributed by atoms with Crippen LogP contribution in [0.4, 0.5) is 0 Å². The first-order valence-electron chi connectivity index (χ1n) is 10.1. The third-order valence-corrected chi connectivity index (χ3v) is 5.85. The molecule has 2 aliphatic rings. The highest BCUT2D eigenvalue weighted by atomic mass is 16.5. The van der Waals surface area contributed by atoms with E-state index >= 15 is 0 Å². The molecule has 2 fully saturated rings. The van der Waals surface area contributed by atoms with Crippen LogP contribution in [0.3, 0.4) is 0 Å². The van der Waals surface area contributed by atoms with Crippen molar-refractivity contribution in [1.82, 2.24) is 19.9 Å². The standard InChI is InChI=1S/C21H28N4O2/c1-16-7-11-25(12-8-16)21(26)20-13-19(23-27-20)17-5-4-10-24(14-17)15-18-6-2-3-9-22-18/h2-3,6,9,13,16-17H,4-5,7-8,10-12,14-15H2,1H3/t17-/m1/s1. The highest BCUT2D eigenvalue weighted by Crippen LogP contribution is 2.28. The highest BCUT2D eigenvalue weighted by Gasteiger charge is 2.28. The molecule has 4 rings (SSSR count). The Morgan fingerprint density at radius 1 is 1.22 bits per heavy atom. The summed E-state index contributed by atoms with van der Waals surface area (Å²) in [6, 6.07) is 7.91. The predicted octanol–water partition coefficient (Wildman–Crippen LogP) is 3.32. The zero-order valence-electron chi connectivity index (χ0n) is 16.0. The Kier molecular flexibility index (Phi) is 5.53. The number of rotatable bonds is 4. The number of pyridine rings is 1. The van der Waals surface area contributed by atoms with Gasteiger partial charge in [-0.2, -0.15) is 0 Å². The summed E-state index contributed by atoms with van der Waals surface area (Å²) in [5.74, 6) is 1.39. The van der Waals surface area contributed by atoms with Crippen molar-refractivity contribution in [2.45, 2.75) is 45.1 Å². The van der Waals surface area contributed by atoms with E-state index in [0.717, 1.165) is 69.8 Å². The van der Waals surface area contributed by atoms with Crippen LogP contribution < -0.4 is 0 Å². The predicted molar refractivity (Wildman–Crippen MR) is 102 cm³/mol. The largest absolute Gasteiger partial charge is 0.351 e. The van der Waals surface area contributed by atoms with Crippen molar-refractivity contribution in [3.05, 3.63) is 47.6 Å². The van der Waals surface area contributed by atoms with Crippen LogP contribution in [-0.2, 0) is 6.54 Å². The molecule has 1 amide bonds. The van der Waals surface area contributed by atoms with Crippen LogP contribution in [0.25, 0.3) is 0 Å². The second-order valence-electron chi connectivity index (χ2n) is 7.99. The van der Waals surface area contributed by atoms with Gasteiger partial charge in [0.1, 0.15) is 0 Å². The Labute approximate surface area is 160 Å². The fourth-order valence-electron chi connectivity index (χ4n) is 4.11. The van der Waals surface area contributed by atoms with Crippen LogP contribution in [0, 0.1) is 5.92 Å². The second kappa shape index (κ2) is 8.21. The molecule has 2 aliphatic heterocycles. The van der Waals surface area contributed by atoms with Gasteiger partial charge < -0.3 is 9.42 Å². The van der Waals surface area contributed by atoms with Crippen LogP contribution in [0.2, 0.25) is 0 Å². The van der Waals surface area contributed by atoms with Gasteiger partial charge in [-0.25, -0.2) is 0 Å². The van der Waals surface area contributed by atoms with E-state index in [1.165, 1.54) is 0 Å². The number of aromatic nitrogens is 2. The average Bonchev–Trinajstić information content (AvgIpc) is 3.19. The SMILES string of the molecule is CC1CCN(C(=O)c2cc([C@@H]3CCCN(Cc4ccccn4)C3)no2)CC1. The van der Waals surface area contributed by atoms with E-state index in [4.69, 9.17) is 4.52 Å². The number of carbonyl (C=O) groups is 1. The van der Waals surface area contributed by atoms with Gasteiger partial charge in [0.15, 0.2) is 0 Å². The van der Waals surface area contributed by atoms with E-state index in [-0.39, 0.29) is 5.91 Å². The minimum Gasteiger partial charge on any atom is -0.351 e. The summed E-state index contributed by atoms with van der Waals surface area (Å²) in [7, 11) is 0. The number of carbonyl (C=O) groups excluding carboxylic acids is 1. The van der Waals surface area contributed by atoms with Gasteiger partial charge in [-0.15, -0.1) is 0 Å². The van der Waals surface area contributed by atoms with E-state index < -0.39 is 0 Å². The minimum atomic E-state index is -0.0122. The zero-order valence-corrected chi connectivity index (χ0v) is 16.0. The molecule has 6 nitrogen and oxygen atoms in total. The Bertz CT molecular complexity index is 753. The molecule has 0 aliphatic carbocycles. The van der Waals surface area contributed by atoms with Crippen LogP contribution in [-0.4, -0.2) is 52.0 Å². The molecule has 0 N–H and O–H groups in total. The number of hydrogen-bond donors (Lipinski definition) is 0. The summed E-state index contributed by atoms with van der Waals surface area (Å²) in [4.78, 5) is 21.4. The Balaban J connectivity index is 1.38. The van der Waals surface area contributed by atoms with Crippen molar-refractivity contribution in [1.29, 1.82) is 0 Å². The molecule has 0 aromatic carbocycles. The van der Waals surface area contributed by atoms with Gasteiger partial charge in [-0.3, -0.25) is 14.7 Å². The normalized spacial score (nSPS) is 22.1. The maximum atomic E-state index is 12.7. The molecule has 0 bridgehead atoms. The number of likely N-dealkylation sites (tertiary alicyclic amines) is 2. The summed E-state index contributed by atoms with van der Waals surface area (Å²) in [5.41, 5.74) is 2.00. The topological polar surface area (TPSA) is 62.5 Å². The molecule has 0 spiro atoms. The van der Waals surface area contributed by atoms with E-state index in [9.17, 15) is 4.79 Å². The molecule has 0 radical (unpaired) electrons. The van der Waals surface area contributed by atoms with E-state index in [2.05, 4.69) is 28.0 Å². The summed E-state index contributed by atoms with van der Waals surface area (Å²) in [6.07, 6.45) is 6.18. The highest BCUT2D eigenvalue weighted by molar-refractivity contribution is 5.91. The maximum absolute atomic E-state index is 12.7. The lowest BCUT2D eigenvalue weighted by Crippen LogP contribution is -2.37. The first kappa shape index (κ1) is 18.2. The van der Waals surface area contributed by atoms with E-state index in [0.29, 0.717) is 17.6 Å². The van der Waals surface area contributed by atoms with Crippen LogP contribution >= 0.6 is 0 Å². The lowest BCUT2D eigenvalue weighted by Gasteiger charge is -2.31. The molecule has 2 saturated heterocycles. The summed E-state index contributed by atoms with van der Waals surface area (Å²) >= 11 is 0. The van der Waals surface area contributed by atoms with Crippen molar-refractivity contribution in [2.75, 3.05) is 26.2 Å². The smallest absolute Gasteiger partial charge is 0.292 e.